The molecule has 1 N–H and O–H groups in total. The van der Waals surface area contributed by atoms with Crippen LogP contribution < -0.4 is 5.32 Å². The fourth-order valence-corrected chi connectivity index (χ4v) is 2.85. The van der Waals surface area contributed by atoms with E-state index in [4.69, 9.17) is 4.74 Å². The van der Waals surface area contributed by atoms with Crippen LogP contribution in [0.1, 0.15) is 29.3 Å². The highest BCUT2D eigenvalue weighted by Crippen LogP contribution is 2.21. The van der Waals surface area contributed by atoms with Crippen LogP contribution in [-0.2, 0) is 11.3 Å². The summed E-state index contributed by atoms with van der Waals surface area (Å²) in [5.74, 6) is -0.645. The van der Waals surface area contributed by atoms with Gasteiger partial charge in [0.05, 0.1) is 16.6 Å². The summed E-state index contributed by atoms with van der Waals surface area (Å²) in [6.45, 7) is 5.71. The second kappa shape index (κ2) is 8.10. The molecule has 6 heteroatoms. The molecule has 136 valence electrons. The van der Waals surface area contributed by atoms with E-state index in [2.05, 4.69) is 10.3 Å². The Morgan fingerprint density at radius 3 is 2.88 bits per heavy atom. The van der Waals surface area contributed by atoms with Crippen LogP contribution >= 0.6 is 0 Å². The van der Waals surface area contributed by atoms with Crippen molar-refractivity contribution in [2.45, 2.75) is 26.8 Å². The topological polar surface area (TPSA) is 56.1 Å². The number of amides is 1. The maximum absolute atomic E-state index is 14.0. The number of halogens is 1. The van der Waals surface area contributed by atoms with Crippen LogP contribution in [0.15, 0.2) is 42.5 Å². The van der Waals surface area contributed by atoms with Gasteiger partial charge in [-0.15, -0.1) is 0 Å². The summed E-state index contributed by atoms with van der Waals surface area (Å²) in [5, 5.41) is 2.76. The fraction of sp³-hybridized carbons (Fsp3) is 0.300. The number of nitrogens with one attached hydrogen (secondary N) is 1. The highest BCUT2D eigenvalue weighted by Gasteiger charge is 2.17. The predicted octanol–water partition coefficient (Wildman–Crippen LogP) is 4.16. The number of aryl methyl sites for hydroxylation is 2. The Morgan fingerprint density at radius 1 is 1.27 bits per heavy atom. The van der Waals surface area contributed by atoms with Gasteiger partial charge < -0.3 is 9.30 Å². The highest BCUT2D eigenvalue weighted by molar-refractivity contribution is 6.04. The standard InChI is InChI=1S/C20H22FN3O2/c1-3-26-12-6-11-24-18-8-5-4-7-17(18)22-20(24)23-19(25)15-13-14(2)9-10-16(15)21/h4-5,7-10,13H,3,6,11-12H2,1-2H3,(H,22,23,25). The van der Waals surface area contributed by atoms with Crippen molar-refractivity contribution < 1.29 is 13.9 Å². The minimum atomic E-state index is -0.549. The van der Waals surface area contributed by atoms with Crippen LogP contribution in [0.2, 0.25) is 0 Å². The van der Waals surface area contributed by atoms with Gasteiger partial charge in [0.2, 0.25) is 5.95 Å². The van der Waals surface area contributed by atoms with Crippen molar-refractivity contribution >= 4 is 22.9 Å². The van der Waals surface area contributed by atoms with Crippen molar-refractivity contribution in [3.63, 3.8) is 0 Å². The van der Waals surface area contributed by atoms with E-state index in [-0.39, 0.29) is 5.56 Å². The minimum Gasteiger partial charge on any atom is -0.382 e. The first-order valence-electron chi connectivity index (χ1n) is 8.70. The molecule has 0 saturated heterocycles. The van der Waals surface area contributed by atoms with Gasteiger partial charge in [-0.3, -0.25) is 10.1 Å². The lowest BCUT2D eigenvalue weighted by Gasteiger charge is -2.11. The Kier molecular flexibility index (Phi) is 5.63. The van der Waals surface area contributed by atoms with Crippen LogP contribution in [0.3, 0.4) is 0 Å². The van der Waals surface area contributed by atoms with Gasteiger partial charge >= 0.3 is 0 Å². The average molecular weight is 355 g/mol. The van der Waals surface area contributed by atoms with Gasteiger partial charge in [0, 0.05) is 19.8 Å². The predicted molar refractivity (Wildman–Crippen MR) is 99.9 cm³/mol. The Morgan fingerprint density at radius 2 is 2.08 bits per heavy atom. The maximum atomic E-state index is 14.0. The van der Waals surface area contributed by atoms with Crippen molar-refractivity contribution in [1.29, 1.82) is 0 Å². The molecule has 3 aromatic rings. The molecule has 0 spiro atoms. The second-order valence-corrected chi connectivity index (χ2v) is 6.06. The highest BCUT2D eigenvalue weighted by atomic mass is 19.1. The van der Waals surface area contributed by atoms with E-state index in [9.17, 15) is 9.18 Å². The van der Waals surface area contributed by atoms with Gasteiger partial charge in [-0.2, -0.15) is 0 Å². The lowest BCUT2D eigenvalue weighted by molar-refractivity contribution is 0.102. The molecule has 0 aliphatic rings. The zero-order chi connectivity index (χ0) is 18.5. The van der Waals surface area contributed by atoms with E-state index in [1.807, 2.05) is 42.7 Å². The molecule has 0 aliphatic carbocycles. The maximum Gasteiger partial charge on any atom is 0.260 e. The third kappa shape index (κ3) is 3.91. The number of nitrogens with zero attached hydrogens (tertiary/aromatic N) is 2. The normalized spacial score (nSPS) is 11.0. The molecular formula is C20H22FN3O2. The number of imidazole rings is 1. The van der Waals surface area contributed by atoms with Crippen molar-refractivity contribution in [2.24, 2.45) is 0 Å². The molecule has 0 bridgehead atoms. The number of ether oxygens (including phenoxy) is 1. The number of anilines is 1. The lowest BCUT2D eigenvalue weighted by Crippen LogP contribution is -2.18. The minimum absolute atomic E-state index is 0.0120. The summed E-state index contributed by atoms with van der Waals surface area (Å²) in [7, 11) is 0. The van der Waals surface area contributed by atoms with E-state index < -0.39 is 11.7 Å². The largest absolute Gasteiger partial charge is 0.382 e. The van der Waals surface area contributed by atoms with Crippen LogP contribution in [0.25, 0.3) is 11.0 Å². The van der Waals surface area contributed by atoms with E-state index in [1.165, 1.54) is 12.1 Å². The molecule has 2 aromatic carbocycles. The monoisotopic (exact) mass is 355 g/mol. The van der Waals surface area contributed by atoms with E-state index in [0.717, 1.165) is 23.0 Å². The summed E-state index contributed by atoms with van der Waals surface area (Å²) in [6.07, 6.45) is 0.788. The first-order chi connectivity index (χ1) is 12.6. The molecule has 0 saturated carbocycles. The molecule has 1 aromatic heterocycles. The SMILES string of the molecule is CCOCCCn1c(NC(=O)c2cc(C)ccc2F)nc2ccccc21. The molecule has 3 rings (SSSR count). The van der Waals surface area contributed by atoms with Crippen molar-refractivity contribution in [3.05, 3.63) is 59.4 Å². The van der Waals surface area contributed by atoms with Gasteiger partial charge in [0.15, 0.2) is 0 Å². The lowest BCUT2D eigenvalue weighted by atomic mass is 10.1. The van der Waals surface area contributed by atoms with Gasteiger partial charge in [-0.1, -0.05) is 23.8 Å². The van der Waals surface area contributed by atoms with Crippen LogP contribution in [0, 0.1) is 12.7 Å². The third-order valence-electron chi connectivity index (χ3n) is 4.12. The first kappa shape index (κ1) is 18.1. The zero-order valence-corrected chi connectivity index (χ0v) is 15.0. The number of para-hydroxylation sites is 2. The molecule has 0 aliphatic heterocycles. The molecule has 0 fully saturated rings. The van der Waals surface area contributed by atoms with Crippen LogP contribution in [-0.4, -0.2) is 28.7 Å². The Balaban J connectivity index is 1.88. The fourth-order valence-electron chi connectivity index (χ4n) is 2.85. The van der Waals surface area contributed by atoms with Crippen LogP contribution in [0.5, 0.6) is 0 Å². The summed E-state index contributed by atoms with van der Waals surface area (Å²) < 4.78 is 21.3. The molecule has 0 atom stereocenters. The third-order valence-corrected chi connectivity index (χ3v) is 4.12. The molecule has 1 amide bonds. The smallest absolute Gasteiger partial charge is 0.260 e. The number of aromatic nitrogens is 2. The zero-order valence-electron chi connectivity index (χ0n) is 15.0. The molecule has 1 heterocycles. The van der Waals surface area contributed by atoms with Crippen molar-refractivity contribution in [2.75, 3.05) is 18.5 Å². The molecular weight excluding hydrogens is 333 g/mol. The number of hydrogen-bond donors (Lipinski definition) is 1. The molecule has 0 radical (unpaired) electrons. The van der Waals surface area contributed by atoms with E-state index >= 15 is 0 Å². The Labute approximate surface area is 151 Å². The summed E-state index contributed by atoms with van der Waals surface area (Å²) >= 11 is 0. The van der Waals surface area contributed by atoms with Crippen molar-refractivity contribution in [1.82, 2.24) is 9.55 Å². The summed E-state index contributed by atoms with van der Waals surface area (Å²) in [6, 6.07) is 12.1. The number of benzene rings is 2. The molecule has 26 heavy (non-hydrogen) atoms. The Bertz CT molecular complexity index is 921. The average Bonchev–Trinajstić information content (AvgIpc) is 2.98. The van der Waals surface area contributed by atoms with Gasteiger partial charge in [0.25, 0.3) is 5.91 Å². The quantitative estimate of drug-likeness (QED) is 0.648. The van der Waals surface area contributed by atoms with E-state index in [1.54, 1.807) is 6.07 Å². The Hall–Kier alpha value is -2.73. The van der Waals surface area contributed by atoms with Crippen molar-refractivity contribution in [3.8, 4) is 0 Å². The summed E-state index contributed by atoms with van der Waals surface area (Å²) in [4.78, 5) is 17.1. The summed E-state index contributed by atoms with van der Waals surface area (Å²) in [5.41, 5.74) is 2.53. The second-order valence-electron chi connectivity index (χ2n) is 6.06. The molecule has 0 unspecified atom stereocenters. The van der Waals surface area contributed by atoms with Gasteiger partial charge in [0.1, 0.15) is 5.82 Å². The number of fused-ring (bicyclic) bond motifs is 1. The first-order valence-corrected chi connectivity index (χ1v) is 8.70. The molecule has 5 nitrogen and oxygen atoms in total. The number of carbonyl (C=O) groups excluding carboxylic acids is 1. The number of hydrogen-bond acceptors (Lipinski definition) is 3. The van der Waals surface area contributed by atoms with Gasteiger partial charge in [-0.25, -0.2) is 9.37 Å². The van der Waals surface area contributed by atoms with E-state index in [0.29, 0.717) is 25.7 Å². The number of carbonyl (C=O) groups is 1. The van der Waals surface area contributed by atoms with Crippen LogP contribution in [0.4, 0.5) is 10.3 Å². The number of rotatable bonds is 7. The van der Waals surface area contributed by atoms with Gasteiger partial charge in [-0.05, 0) is 44.5 Å².